The lowest BCUT2D eigenvalue weighted by molar-refractivity contribution is 0.102. The molecule has 5 rings (SSSR count). The SMILES string of the molecule is O=C(Nc1ccc(S(=O)(=O)Nc2ncccn2)cc1)c1cn(-c2ccccc2)nc1-c1ccccc1. The summed E-state index contributed by atoms with van der Waals surface area (Å²) in [6, 6.07) is 26.3. The van der Waals surface area contributed by atoms with Crippen LogP contribution in [0.5, 0.6) is 0 Å². The molecule has 36 heavy (non-hydrogen) atoms. The number of hydrogen-bond acceptors (Lipinski definition) is 6. The second kappa shape index (κ2) is 9.80. The van der Waals surface area contributed by atoms with Gasteiger partial charge >= 0.3 is 0 Å². The summed E-state index contributed by atoms with van der Waals surface area (Å²) in [5.41, 5.74) is 2.96. The van der Waals surface area contributed by atoms with Crippen molar-refractivity contribution in [2.75, 3.05) is 10.0 Å². The van der Waals surface area contributed by atoms with Gasteiger partial charge in [-0.1, -0.05) is 48.5 Å². The summed E-state index contributed by atoms with van der Waals surface area (Å²) < 4.78 is 29.2. The molecule has 0 aliphatic carbocycles. The van der Waals surface area contributed by atoms with Crippen LogP contribution >= 0.6 is 0 Å². The molecule has 0 aliphatic rings. The van der Waals surface area contributed by atoms with Crippen molar-refractivity contribution in [2.24, 2.45) is 0 Å². The fraction of sp³-hybridized carbons (Fsp3) is 0. The van der Waals surface area contributed by atoms with Gasteiger partial charge in [-0.25, -0.2) is 27.8 Å². The van der Waals surface area contributed by atoms with Gasteiger partial charge in [0, 0.05) is 29.8 Å². The number of rotatable bonds is 7. The fourth-order valence-corrected chi connectivity index (χ4v) is 4.47. The second-order valence-corrected chi connectivity index (χ2v) is 9.38. The van der Waals surface area contributed by atoms with E-state index in [2.05, 4.69) is 25.1 Å². The van der Waals surface area contributed by atoms with Crippen LogP contribution < -0.4 is 10.0 Å². The summed E-state index contributed by atoms with van der Waals surface area (Å²) in [5, 5.41) is 7.49. The molecule has 0 bridgehead atoms. The summed E-state index contributed by atoms with van der Waals surface area (Å²) in [6.07, 6.45) is 4.55. The number of aromatic nitrogens is 4. The molecule has 2 heterocycles. The molecule has 0 radical (unpaired) electrons. The van der Waals surface area contributed by atoms with Crippen molar-refractivity contribution in [1.29, 1.82) is 0 Å². The summed E-state index contributed by atoms with van der Waals surface area (Å²) in [6.45, 7) is 0. The maximum Gasteiger partial charge on any atom is 0.264 e. The Hall–Kier alpha value is -4.83. The molecule has 0 unspecified atom stereocenters. The number of carbonyl (C=O) groups excluding carboxylic acids is 1. The van der Waals surface area contributed by atoms with Crippen LogP contribution in [0, 0.1) is 0 Å². The zero-order valence-corrected chi connectivity index (χ0v) is 19.6. The Balaban J connectivity index is 1.40. The predicted octanol–water partition coefficient (Wildman–Crippen LogP) is 4.38. The number of carbonyl (C=O) groups is 1. The van der Waals surface area contributed by atoms with E-state index in [-0.39, 0.29) is 16.8 Å². The van der Waals surface area contributed by atoms with E-state index >= 15 is 0 Å². The average Bonchev–Trinajstić information content (AvgIpc) is 3.36. The number of amides is 1. The van der Waals surface area contributed by atoms with Gasteiger partial charge < -0.3 is 5.32 Å². The van der Waals surface area contributed by atoms with Crippen LogP contribution in [0.3, 0.4) is 0 Å². The molecular formula is C26H20N6O3S. The number of benzene rings is 3. The maximum absolute atomic E-state index is 13.3. The van der Waals surface area contributed by atoms with E-state index in [1.807, 2.05) is 60.7 Å². The molecule has 0 fully saturated rings. The number of para-hydroxylation sites is 1. The Morgan fingerprint density at radius 2 is 1.42 bits per heavy atom. The molecule has 2 aromatic heterocycles. The number of nitrogens with one attached hydrogen (secondary N) is 2. The van der Waals surface area contributed by atoms with Gasteiger partial charge in [0.1, 0.15) is 5.69 Å². The van der Waals surface area contributed by atoms with Crippen LogP contribution in [0.1, 0.15) is 10.4 Å². The minimum absolute atomic E-state index is 0.00910. The van der Waals surface area contributed by atoms with Gasteiger partial charge in [-0.15, -0.1) is 0 Å². The van der Waals surface area contributed by atoms with Gasteiger partial charge in [-0.2, -0.15) is 5.10 Å². The summed E-state index contributed by atoms with van der Waals surface area (Å²) in [4.78, 5) is 21.0. The smallest absolute Gasteiger partial charge is 0.264 e. The monoisotopic (exact) mass is 496 g/mol. The lowest BCUT2D eigenvalue weighted by atomic mass is 10.1. The van der Waals surface area contributed by atoms with Crippen molar-refractivity contribution in [3.63, 3.8) is 0 Å². The molecular weight excluding hydrogens is 476 g/mol. The Morgan fingerprint density at radius 3 is 2.08 bits per heavy atom. The highest BCUT2D eigenvalue weighted by Crippen LogP contribution is 2.25. The zero-order chi connectivity index (χ0) is 25.0. The standard InChI is InChI=1S/C26H20N6O3S/c33-25(29-20-12-14-22(15-13-20)36(34,35)31-26-27-16-7-17-28-26)23-18-32(21-10-5-2-6-11-21)30-24(23)19-8-3-1-4-9-19/h1-18H,(H,29,33)(H,27,28,31). The largest absolute Gasteiger partial charge is 0.322 e. The fourth-order valence-electron chi connectivity index (χ4n) is 3.51. The lowest BCUT2D eigenvalue weighted by Crippen LogP contribution is -2.15. The first kappa shape index (κ1) is 22.9. The summed E-state index contributed by atoms with van der Waals surface area (Å²) in [5.74, 6) is -0.402. The molecule has 2 N–H and O–H groups in total. The van der Waals surface area contributed by atoms with Gasteiger partial charge in [0.15, 0.2) is 0 Å². The van der Waals surface area contributed by atoms with Crippen LogP contribution in [0.15, 0.2) is 114 Å². The molecule has 0 spiro atoms. The van der Waals surface area contributed by atoms with Crippen molar-refractivity contribution >= 4 is 27.6 Å². The third-order valence-electron chi connectivity index (χ3n) is 5.24. The van der Waals surface area contributed by atoms with E-state index in [4.69, 9.17) is 0 Å². The first-order chi connectivity index (χ1) is 17.5. The molecule has 1 amide bonds. The van der Waals surface area contributed by atoms with E-state index in [0.29, 0.717) is 16.9 Å². The first-order valence-corrected chi connectivity index (χ1v) is 12.4. The number of anilines is 2. The maximum atomic E-state index is 13.3. The van der Waals surface area contributed by atoms with Crippen LogP contribution in [0.4, 0.5) is 11.6 Å². The van der Waals surface area contributed by atoms with Gasteiger partial charge in [0.25, 0.3) is 15.9 Å². The minimum atomic E-state index is -3.88. The average molecular weight is 497 g/mol. The second-order valence-electron chi connectivity index (χ2n) is 7.69. The summed E-state index contributed by atoms with van der Waals surface area (Å²) in [7, 11) is -3.88. The van der Waals surface area contributed by atoms with Crippen LogP contribution in [0.2, 0.25) is 0 Å². The predicted molar refractivity (Wildman–Crippen MR) is 136 cm³/mol. The number of hydrogen-bond donors (Lipinski definition) is 2. The zero-order valence-electron chi connectivity index (χ0n) is 18.8. The van der Waals surface area contributed by atoms with Crippen LogP contribution in [-0.2, 0) is 10.0 Å². The van der Waals surface area contributed by atoms with Crippen molar-refractivity contribution in [1.82, 2.24) is 19.7 Å². The minimum Gasteiger partial charge on any atom is -0.322 e. The molecule has 178 valence electrons. The van der Waals surface area contributed by atoms with Crippen LogP contribution in [0.25, 0.3) is 16.9 Å². The van der Waals surface area contributed by atoms with Gasteiger partial charge in [-0.3, -0.25) is 4.79 Å². The van der Waals surface area contributed by atoms with Gasteiger partial charge in [0.2, 0.25) is 5.95 Å². The van der Waals surface area contributed by atoms with Crippen molar-refractivity contribution in [3.8, 4) is 16.9 Å². The molecule has 0 saturated heterocycles. The van der Waals surface area contributed by atoms with Gasteiger partial charge in [-0.05, 0) is 42.5 Å². The molecule has 0 atom stereocenters. The Kier molecular flexibility index (Phi) is 6.25. The van der Waals surface area contributed by atoms with E-state index in [1.165, 1.54) is 36.7 Å². The Bertz CT molecular complexity index is 1590. The third-order valence-corrected chi connectivity index (χ3v) is 6.58. The van der Waals surface area contributed by atoms with Crippen LogP contribution in [-0.4, -0.2) is 34.1 Å². The van der Waals surface area contributed by atoms with Gasteiger partial charge in [0.05, 0.1) is 16.1 Å². The van der Waals surface area contributed by atoms with Crippen molar-refractivity contribution in [2.45, 2.75) is 4.90 Å². The highest BCUT2D eigenvalue weighted by molar-refractivity contribution is 7.92. The lowest BCUT2D eigenvalue weighted by Gasteiger charge is -2.08. The molecule has 0 aliphatic heterocycles. The highest BCUT2D eigenvalue weighted by atomic mass is 32.2. The topological polar surface area (TPSA) is 119 Å². The van der Waals surface area contributed by atoms with Crippen molar-refractivity contribution < 1.29 is 13.2 Å². The van der Waals surface area contributed by atoms with Crippen molar-refractivity contribution in [3.05, 3.63) is 115 Å². The first-order valence-electron chi connectivity index (χ1n) is 10.9. The quantitative estimate of drug-likeness (QED) is 0.345. The number of nitrogens with zero attached hydrogens (tertiary/aromatic N) is 4. The number of sulfonamides is 1. The molecule has 0 saturated carbocycles. The molecule has 3 aromatic carbocycles. The molecule has 10 heteroatoms. The van der Waals surface area contributed by atoms with E-state index < -0.39 is 10.0 Å². The third kappa shape index (κ3) is 4.98. The van der Waals surface area contributed by atoms with E-state index in [9.17, 15) is 13.2 Å². The highest BCUT2D eigenvalue weighted by Gasteiger charge is 2.20. The molecule has 5 aromatic rings. The molecule has 9 nitrogen and oxygen atoms in total. The summed E-state index contributed by atoms with van der Waals surface area (Å²) >= 11 is 0. The normalized spacial score (nSPS) is 11.1. The van der Waals surface area contributed by atoms with E-state index in [0.717, 1.165) is 11.3 Å². The Labute approximate surface area is 207 Å². The Morgan fingerprint density at radius 1 is 0.778 bits per heavy atom. The van der Waals surface area contributed by atoms with E-state index in [1.54, 1.807) is 16.9 Å².